The van der Waals surface area contributed by atoms with Crippen LogP contribution < -0.4 is 5.73 Å². The number of esters is 1. The van der Waals surface area contributed by atoms with Crippen molar-refractivity contribution in [3.8, 4) is 0 Å². The van der Waals surface area contributed by atoms with Gasteiger partial charge in [0.1, 0.15) is 5.60 Å². The maximum absolute atomic E-state index is 11.6. The lowest BCUT2D eigenvalue weighted by Crippen LogP contribution is -2.35. The van der Waals surface area contributed by atoms with Crippen LogP contribution in [0.1, 0.15) is 59.3 Å². The zero-order valence-electron chi connectivity index (χ0n) is 12.1. The van der Waals surface area contributed by atoms with Crippen molar-refractivity contribution < 1.29 is 19.1 Å². The van der Waals surface area contributed by atoms with Crippen molar-refractivity contribution in [3.05, 3.63) is 0 Å². The van der Waals surface area contributed by atoms with E-state index in [1.165, 1.54) is 19.3 Å². The molecular weight excluding hydrogens is 246 g/mol. The fourth-order valence-corrected chi connectivity index (χ4v) is 2.33. The Kier molecular flexibility index (Phi) is 5.79. The van der Waals surface area contributed by atoms with E-state index >= 15 is 0 Å². The normalized spacial score (nSPS) is 18.7. The Morgan fingerprint density at radius 2 is 1.79 bits per heavy atom. The van der Waals surface area contributed by atoms with E-state index in [2.05, 4.69) is 4.74 Å². The van der Waals surface area contributed by atoms with Crippen LogP contribution in [0.4, 0.5) is 4.79 Å². The molecule has 5 heteroatoms. The second-order valence-electron chi connectivity index (χ2n) is 6.20. The number of rotatable bonds is 3. The van der Waals surface area contributed by atoms with Crippen LogP contribution in [-0.4, -0.2) is 23.8 Å². The van der Waals surface area contributed by atoms with E-state index in [4.69, 9.17) is 10.5 Å². The smallest absolute Gasteiger partial charge is 0.428 e. The maximum Gasteiger partial charge on any atom is 0.516 e. The van der Waals surface area contributed by atoms with Gasteiger partial charge in [0.05, 0.1) is 6.42 Å². The Hall–Kier alpha value is -1.10. The van der Waals surface area contributed by atoms with Gasteiger partial charge >= 0.3 is 12.1 Å². The van der Waals surface area contributed by atoms with Crippen molar-refractivity contribution in [2.45, 2.75) is 70.9 Å². The van der Waals surface area contributed by atoms with Crippen LogP contribution >= 0.6 is 0 Å². The molecule has 0 spiro atoms. The molecule has 0 aliphatic heterocycles. The first kappa shape index (κ1) is 16.0. The molecule has 0 bridgehead atoms. The van der Waals surface area contributed by atoms with Crippen molar-refractivity contribution in [2.75, 3.05) is 0 Å². The first-order valence-corrected chi connectivity index (χ1v) is 6.97. The van der Waals surface area contributed by atoms with Crippen molar-refractivity contribution in [1.82, 2.24) is 0 Å². The lowest BCUT2D eigenvalue weighted by atomic mass is 9.83. The molecule has 1 rings (SSSR count). The molecule has 1 aliphatic carbocycles. The summed E-state index contributed by atoms with van der Waals surface area (Å²) in [4.78, 5) is 22.9. The zero-order chi connectivity index (χ0) is 14.5. The lowest BCUT2D eigenvalue weighted by Gasteiger charge is -2.26. The molecule has 0 amide bonds. The summed E-state index contributed by atoms with van der Waals surface area (Å²) in [5.41, 5.74) is 5.34. The first-order valence-electron chi connectivity index (χ1n) is 6.97. The van der Waals surface area contributed by atoms with E-state index in [0.29, 0.717) is 5.92 Å². The third-order valence-corrected chi connectivity index (χ3v) is 3.24. The van der Waals surface area contributed by atoms with Gasteiger partial charge in [0, 0.05) is 6.04 Å². The van der Waals surface area contributed by atoms with E-state index < -0.39 is 17.7 Å². The van der Waals surface area contributed by atoms with E-state index in [-0.39, 0.29) is 12.5 Å². The summed E-state index contributed by atoms with van der Waals surface area (Å²) in [6.45, 7) is 5.14. The summed E-state index contributed by atoms with van der Waals surface area (Å²) in [6, 6.07) is -0.227. The average Bonchev–Trinajstić information content (AvgIpc) is 2.27. The molecule has 110 valence electrons. The van der Waals surface area contributed by atoms with Crippen LogP contribution in [0.5, 0.6) is 0 Å². The molecule has 1 atom stereocenters. The van der Waals surface area contributed by atoms with Crippen molar-refractivity contribution in [3.63, 3.8) is 0 Å². The predicted molar refractivity (Wildman–Crippen MR) is 71.5 cm³/mol. The molecular formula is C14H25NO4. The molecule has 0 radical (unpaired) electrons. The van der Waals surface area contributed by atoms with Gasteiger partial charge in [0.2, 0.25) is 0 Å². The van der Waals surface area contributed by atoms with Gasteiger partial charge in [-0.25, -0.2) is 4.79 Å². The molecule has 19 heavy (non-hydrogen) atoms. The van der Waals surface area contributed by atoms with Crippen LogP contribution in [0.3, 0.4) is 0 Å². The summed E-state index contributed by atoms with van der Waals surface area (Å²) in [5.74, 6) is -0.243. The highest BCUT2D eigenvalue weighted by molar-refractivity contribution is 5.82. The lowest BCUT2D eigenvalue weighted by molar-refractivity contribution is -0.142. The van der Waals surface area contributed by atoms with Crippen molar-refractivity contribution >= 4 is 12.1 Å². The van der Waals surface area contributed by atoms with Gasteiger partial charge in [-0.05, 0) is 39.5 Å². The van der Waals surface area contributed by atoms with Crippen molar-refractivity contribution in [1.29, 1.82) is 0 Å². The monoisotopic (exact) mass is 271 g/mol. The highest BCUT2D eigenvalue weighted by atomic mass is 16.7. The number of carbonyl (C=O) groups excluding carboxylic acids is 2. The molecule has 0 aromatic rings. The quantitative estimate of drug-likeness (QED) is 0.630. The molecule has 2 N–H and O–H groups in total. The molecule has 1 saturated carbocycles. The summed E-state index contributed by atoms with van der Waals surface area (Å²) in [5, 5.41) is 0. The molecule has 5 nitrogen and oxygen atoms in total. The van der Waals surface area contributed by atoms with Crippen LogP contribution in [0.15, 0.2) is 0 Å². The SMILES string of the molecule is CC(C)(C)OC(=O)OC(=O)C[C@H](N)C1CCCCC1. The predicted octanol–water partition coefficient (Wildman–Crippen LogP) is 2.76. The molecule has 0 unspecified atom stereocenters. The minimum absolute atomic E-state index is 0.0733. The van der Waals surface area contributed by atoms with Gasteiger partial charge in [0.25, 0.3) is 0 Å². The number of carbonyl (C=O) groups is 2. The highest BCUT2D eigenvalue weighted by Gasteiger charge is 2.25. The van der Waals surface area contributed by atoms with Gasteiger partial charge in [-0.3, -0.25) is 4.79 Å². The first-order chi connectivity index (χ1) is 8.78. The van der Waals surface area contributed by atoms with Crippen LogP contribution in [0, 0.1) is 5.92 Å². The van der Waals surface area contributed by atoms with E-state index in [0.717, 1.165) is 12.8 Å². The number of hydrogen-bond donors (Lipinski definition) is 1. The molecule has 0 aromatic carbocycles. The summed E-state index contributed by atoms with van der Waals surface area (Å²) in [6.07, 6.45) is 4.81. The minimum Gasteiger partial charge on any atom is -0.428 e. The summed E-state index contributed by atoms with van der Waals surface area (Å²) in [7, 11) is 0. The fourth-order valence-electron chi connectivity index (χ4n) is 2.33. The van der Waals surface area contributed by atoms with Gasteiger partial charge in [-0.1, -0.05) is 19.3 Å². The molecule has 1 aliphatic rings. The zero-order valence-corrected chi connectivity index (χ0v) is 12.1. The molecule has 0 heterocycles. The number of ether oxygens (including phenoxy) is 2. The van der Waals surface area contributed by atoms with Crippen LogP contribution in [0.25, 0.3) is 0 Å². The number of nitrogens with two attached hydrogens (primary N) is 1. The van der Waals surface area contributed by atoms with Gasteiger partial charge < -0.3 is 15.2 Å². The molecule has 1 fully saturated rings. The van der Waals surface area contributed by atoms with Crippen LogP contribution in [-0.2, 0) is 14.3 Å². The van der Waals surface area contributed by atoms with Crippen LogP contribution in [0.2, 0.25) is 0 Å². The molecule has 0 aromatic heterocycles. The van der Waals surface area contributed by atoms with E-state index in [1.54, 1.807) is 20.8 Å². The topological polar surface area (TPSA) is 78.6 Å². The summed E-state index contributed by atoms with van der Waals surface area (Å²) < 4.78 is 9.52. The Balaban J connectivity index is 2.31. The Bertz CT molecular complexity index is 316. The maximum atomic E-state index is 11.6. The largest absolute Gasteiger partial charge is 0.516 e. The Labute approximate surface area is 114 Å². The standard InChI is InChI=1S/C14H25NO4/c1-14(2,3)19-13(17)18-12(16)9-11(15)10-7-5-4-6-8-10/h10-11H,4-9,15H2,1-3H3/t11-/m0/s1. The summed E-state index contributed by atoms with van der Waals surface area (Å²) >= 11 is 0. The Morgan fingerprint density at radius 1 is 1.21 bits per heavy atom. The van der Waals surface area contributed by atoms with E-state index in [9.17, 15) is 9.59 Å². The third-order valence-electron chi connectivity index (χ3n) is 3.24. The van der Waals surface area contributed by atoms with Gasteiger partial charge in [-0.2, -0.15) is 0 Å². The third kappa shape index (κ3) is 6.57. The van der Waals surface area contributed by atoms with E-state index in [1.807, 2.05) is 0 Å². The molecule has 0 saturated heterocycles. The minimum atomic E-state index is -0.951. The Morgan fingerprint density at radius 3 is 2.32 bits per heavy atom. The van der Waals surface area contributed by atoms with Gasteiger partial charge in [0.15, 0.2) is 0 Å². The second kappa shape index (κ2) is 6.89. The number of hydrogen-bond acceptors (Lipinski definition) is 5. The van der Waals surface area contributed by atoms with Gasteiger partial charge in [-0.15, -0.1) is 0 Å². The van der Waals surface area contributed by atoms with Crippen molar-refractivity contribution in [2.24, 2.45) is 11.7 Å². The average molecular weight is 271 g/mol. The highest BCUT2D eigenvalue weighted by Crippen LogP contribution is 2.26. The second-order valence-corrected chi connectivity index (χ2v) is 6.20. The fraction of sp³-hybridized carbons (Fsp3) is 0.857.